The largest absolute Gasteiger partial charge is 0.468 e. The molecule has 0 bridgehead atoms. The lowest BCUT2D eigenvalue weighted by Crippen LogP contribution is -2.36. The first-order valence-electron chi connectivity index (χ1n) is 7.18. The number of carbonyl (C=O) groups is 3. The summed E-state index contributed by atoms with van der Waals surface area (Å²) >= 11 is 0. The van der Waals surface area contributed by atoms with Crippen molar-refractivity contribution in [3.8, 4) is 0 Å². The van der Waals surface area contributed by atoms with Crippen molar-refractivity contribution >= 4 is 34.5 Å². The number of carbonyl (C=O) groups excluding carboxylic acids is 3. The number of fused-ring (bicyclic) bond motifs is 1. The van der Waals surface area contributed by atoms with Crippen LogP contribution in [0.1, 0.15) is 6.42 Å². The van der Waals surface area contributed by atoms with Crippen LogP contribution in [0.15, 0.2) is 24.3 Å². The molecule has 2 aromatic rings. The van der Waals surface area contributed by atoms with Crippen molar-refractivity contribution in [1.82, 2.24) is 15.5 Å². The zero-order chi connectivity index (χ0) is 16.4. The molecule has 0 unspecified atom stereocenters. The number of para-hydroxylation sites is 1. The minimum atomic E-state index is -0.530. The Morgan fingerprint density at radius 2 is 2.22 bits per heavy atom. The van der Waals surface area contributed by atoms with Crippen LogP contribution in [-0.2, 0) is 19.1 Å². The Bertz CT molecular complexity index is 770. The fourth-order valence-corrected chi connectivity index (χ4v) is 2.62. The summed E-state index contributed by atoms with van der Waals surface area (Å²) in [6.45, 7) is 0.0338. The molecule has 2 N–H and O–H groups in total. The predicted octanol–water partition coefficient (Wildman–Crippen LogP) is 0.205. The number of aromatic amines is 1. The van der Waals surface area contributed by atoms with Crippen LogP contribution < -0.4 is 10.2 Å². The second-order valence-electron chi connectivity index (χ2n) is 5.29. The molecule has 120 valence electrons. The maximum Gasteiger partial charge on any atom is 0.325 e. The van der Waals surface area contributed by atoms with Crippen LogP contribution >= 0.6 is 0 Å². The summed E-state index contributed by atoms with van der Waals surface area (Å²) in [6.07, 6.45) is 0.0915. The van der Waals surface area contributed by atoms with Gasteiger partial charge in [0.05, 0.1) is 18.5 Å². The van der Waals surface area contributed by atoms with Crippen molar-refractivity contribution in [3.63, 3.8) is 0 Å². The maximum absolute atomic E-state index is 12.2. The quantitative estimate of drug-likeness (QED) is 0.784. The average Bonchev–Trinajstić information content (AvgIpc) is 3.15. The van der Waals surface area contributed by atoms with Gasteiger partial charge in [0.15, 0.2) is 5.82 Å². The van der Waals surface area contributed by atoms with E-state index in [9.17, 15) is 14.4 Å². The van der Waals surface area contributed by atoms with Gasteiger partial charge in [-0.15, -0.1) is 0 Å². The number of ether oxygens (including phenoxy) is 1. The number of methoxy groups -OCH3 is 1. The van der Waals surface area contributed by atoms with Gasteiger partial charge < -0.3 is 10.1 Å². The molecular formula is C15H16N4O4. The molecule has 1 aliphatic rings. The highest BCUT2D eigenvalue weighted by Gasteiger charge is 2.36. The topological polar surface area (TPSA) is 104 Å². The Morgan fingerprint density at radius 1 is 1.43 bits per heavy atom. The molecule has 2 amide bonds. The van der Waals surface area contributed by atoms with E-state index in [1.165, 1.54) is 12.0 Å². The number of amides is 2. The molecule has 23 heavy (non-hydrogen) atoms. The van der Waals surface area contributed by atoms with Crippen LogP contribution in [0.5, 0.6) is 0 Å². The van der Waals surface area contributed by atoms with E-state index in [-0.39, 0.29) is 31.3 Å². The zero-order valence-corrected chi connectivity index (χ0v) is 12.5. The van der Waals surface area contributed by atoms with E-state index in [0.717, 1.165) is 10.9 Å². The SMILES string of the molecule is COC(=O)CNC(=O)[C@H]1CC(=O)N(c2n[nH]c3ccccc23)C1. The van der Waals surface area contributed by atoms with Gasteiger partial charge in [0.2, 0.25) is 11.8 Å². The van der Waals surface area contributed by atoms with Gasteiger partial charge in [-0.2, -0.15) is 5.10 Å². The molecule has 1 fully saturated rings. The molecule has 8 nitrogen and oxygen atoms in total. The summed E-state index contributed by atoms with van der Waals surface area (Å²) in [7, 11) is 1.25. The monoisotopic (exact) mass is 316 g/mol. The van der Waals surface area contributed by atoms with Gasteiger partial charge >= 0.3 is 5.97 Å². The summed E-state index contributed by atoms with van der Waals surface area (Å²) in [6, 6.07) is 7.47. The number of esters is 1. The first kappa shape index (κ1) is 15.0. The maximum atomic E-state index is 12.2. The zero-order valence-electron chi connectivity index (χ0n) is 12.5. The number of H-pyrrole nitrogens is 1. The van der Waals surface area contributed by atoms with E-state index < -0.39 is 11.9 Å². The van der Waals surface area contributed by atoms with Gasteiger partial charge in [0.25, 0.3) is 0 Å². The number of nitrogens with one attached hydrogen (secondary N) is 2. The number of rotatable bonds is 4. The molecule has 0 spiro atoms. The smallest absolute Gasteiger partial charge is 0.325 e. The minimum Gasteiger partial charge on any atom is -0.468 e. The number of aromatic nitrogens is 2. The number of hydrogen-bond donors (Lipinski definition) is 2. The Kier molecular flexibility index (Phi) is 3.96. The molecule has 0 radical (unpaired) electrons. The molecule has 2 heterocycles. The molecule has 1 aromatic heterocycles. The Hall–Kier alpha value is -2.90. The third-order valence-electron chi connectivity index (χ3n) is 3.84. The summed E-state index contributed by atoms with van der Waals surface area (Å²) in [4.78, 5) is 36.9. The molecule has 1 aliphatic heterocycles. The van der Waals surface area contributed by atoms with E-state index >= 15 is 0 Å². The number of hydrogen-bond acceptors (Lipinski definition) is 5. The van der Waals surface area contributed by atoms with Crippen LogP contribution in [0.3, 0.4) is 0 Å². The molecular weight excluding hydrogens is 300 g/mol. The average molecular weight is 316 g/mol. The van der Waals surface area contributed by atoms with Crippen molar-refractivity contribution in [3.05, 3.63) is 24.3 Å². The van der Waals surface area contributed by atoms with E-state index in [1.807, 2.05) is 24.3 Å². The third-order valence-corrected chi connectivity index (χ3v) is 3.84. The molecule has 1 atom stereocenters. The van der Waals surface area contributed by atoms with Crippen molar-refractivity contribution in [2.45, 2.75) is 6.42 Å². The Balaban J connectivity index is 1.72. The molecule has 0 saturated carbocycles. The van der Waals surface area contributed by atoms with Gasteiger partial charge in [-0.05, 0) is 12.1 Å². The predicted molar refractivity (Wildman–Crippen MR) is 81.6 cm³/mol. The number of benzene rings is 1. The van der Waals surface area contributed by atoms with E-state index in [4.69, 9.17) is 0 Å². The fraction of sp³-hybridized carbons (Fsp3) is 0.333. The van der Waals surface area contributed by atoms with Crippen LogP contribution in [0.25, 0.3) is 10.9 Å². The number of nitrogens with zero attached hydrogens (tertiary/aromatic N) is 2. The molecule has 3 rings (SSSR count). The van der Waals surface area contributed by atoms with Gasteiger partial charge in [-0.3, -0.25) is 24.4 Å². The van der Waals surface area contributed by atoms with Crippen LogP contribution in [-0.4, -0.2) is 48.2 Å². The van der Waals surface area contributed by atoms with E-state index in [2.05, 4.69) is 20.3 Å². The molecule has 8 heteroatoms. The minimum absolute atomic E-state index is 0.0915. The van der Waals surface area contributed by atoms with E-state index in [0.29, 0.717) is 5.82 Å². The fourth-order valence-electron chi connectivity index (χ4n) is 2.62. The van der Waals surface area contributed by atoms with Crippen molar-refractivity contribution in [2.75, 3.05) is 25.1 Å². The molecule has 0 aliphatic carbocycles. The highest BCUT2D eigenvalue weighted by molar-refractivity contribution is 6.05. The normalized spacial score (nSPS) is 17.5. The summed E-state index contributed by atoms with van der Waals surface area (Å²) in [5.74, 6) is -1.03. The summed E-state index contributed by atoms with van der Waals surface area (Å²) in [5, 5.41) is 10.4. The van der Waals surface area contributed by atoms with Crippen molar-refractivity contribution in [1.29, 1.82) is 0 Å². The lowest BCUT2D eigenvalue weighted by atomic mass is 10.1. The van der Waals surface area contributed by atoms with Gasteiger partial charge in [0.1, 0.15) is 6.54 Å². The highest BCUT2D eigenvalue weighted by Crippen LogP contribution is 2.29. The molecule has 1 aromatic carbocycles. The highest BCUT2D eigenvalue weighted by atomic mass is 16.5. The summed E-state index contributed by atoms with van der Waals surface area (Å²) < 4.78 is 4.47. The second kappa shape index (κ2) is 6.07. The Labute approximate surface area is 131 Å². The first-order chi connectivity index (χ1) is 11.1. The van der Waals surface area contributed by atoms with Crippen LogP contribution in [0.2, 0.25) is 0 Å². The van der Waals surface area contributed by atoms with Gasteiger partial charge in [-0.25, -0.2) is 0 Å². The first-order valence-corrected chi connectivity index (χ1v) is 7.18. The standard InChI is InChI=1S/C15H16N4O4/c1-23-13(21)7-16-15(22)9-6-12(20)19(8-9)14-10-4-2-3-5-11(10)17-18-14/h2-5,9H,6-8H2,1H3,(H,16,22)(H,17,18)/t9-/m0/s1. The lowest BCUT2D eigenvalue weighted by molar-refractivity contribution is -0.141. The summed E-state index contributed by atoms with van der Waals surface area (Å²) in [5.41, 5.74) is 0.828. The number of anilines is 1. The second-order valence-corrected chi connectivity index (χ2v) is 5.29. The Morgan fingerprint density at radius 3 is 3.00 bits per heavy atom. The van der Waals surface area contributed by atoms with Crippen molar-refractivity contribution in [2.24, 2.45) is 5.92 Å². The van der Waals surface area contributed by atoms with Crippen molar-refractivity contribution < 1.29 is 19.1 Å². The van der Waals surface area contributed by atoms with Gasteiger partial charge in [0, 0.05) is 18.4 Å². The van der Waals surface area contributed by atoms with E-state index in [1.54, 1.807) is 0 Å². The van der Waals surface area contributed by atoms with Crippen LogP contribution in [0.4, 0.5) is 5.82 Å². The van der Waals surface area contributed by atoms with Gasteiger partial charge in [-0.1, -0.05) is 12.1 Å². The van der Waals surface area contributed by atoms with Crippen LogP contribution in [0, 0.1) is 5.92 Å². The lowest BCUT2D eigenvalue weighted by Gasteiger charge is -2.14. The third kappa shape index (κ3) is 2.87. The molecule has 1 saturated heterocycles.